The van der Waals surface area contributed by atoms with Gasteiger partial charge in [-0.3, -0.25) is 9.59 Å². The van der Waals surface area contributed by atoms with E-state index in [-0.39, 0.29) is 23.6 Å². The van der Waals surface area contributed by atoms with Gasteiger partial charge in [0.05, 0.1) is 4.88 Å². The van der Waals surface area contributed by atoms with Gasteiger partial charge in [-0.2, -0.15) is 13.2 Å². The summed E-state index contributed by atoms with van der Waals surface area (Å²) in [6, 6.07) is 5.89. The van der Waals surface area contributed by atoms with Crippen LogP contribution in [0.2, 0.25) is 0 Å². The van der Waals surface area contributed by atoms with Crippen molar-refractivity contribution >= 4 is 39.0 Å². The smallest absolute Gasteiger partial charge is 0.425 e. The molecule has 2 N–H and O–H groups in total. The van der Waals surface area contributed by atoms with Gasteiger partial charge in [0.15, 0.2) is 5.76 Å². The summed E-state index contributed by atoms with van der Waals surface area (Å²) in [6.07, 6.45) is -2.34. The number of rotatable bonds is 7. The second-order valence-corrected chi connectivity index (χ2v) is 9.61. The fraction of sp³-hybridized carbons (Fsp3) is 0.211. The molecule has 2 amide bonds. The largest absolute Gasteiger partial charge is 0.458 e. The van der Waals surface area contributed by atoms with Crippen LogP contribution >= 0.6 is 11.3 Å². The maximum Gasteiger partial charge on any atom is 0.425 e. The van der Waals surface area contributed by atoms with Crippen LogP contribution in [0.4, 0.5) is 19.0 Å². The van der Waals surface area contributed by atoms with Crippen molar-refractivity contribution in [1.82, 2.24) is 15.0 Å². The number of aromatic nitrogens is 1. The third-order valence-corrected chi connectivity index (χ3v) is 6.58. The van der Waals surface area contributed by atoms with Gasteiger partial charge in [0.1, 0.15) is 21.9 Å². The van der Waals surface area contributed by atoms with E-state index in [1.807, 2.05) is 14.1 Å². The monoisotopic (exact) mass is 502 g/mol. The topological polar surface area (TPSA) is 122 Å². The molecule has 0 atom stereocenters. The minimum Gasteiger partial charge on any atom is -0.458 e. The normalized spacial score (nSPS) is 11.8. The summed E-state index contributed by atoms with van der Waals surface area (Å²) in [7, 11) is -0.875. The van der Waals surface area contributed by atoms with Crippen LogP contribution in [0.15, 0.2) is 52.1 Å². The maximum atomic E-state index is 12.7. The van der Waals surface area contributed by atoms with E-state index in [4.69, 9.17) is 4.42 Å². The Balaban J connectivity index is 1.65. The summed E-state index contributed by atoms with van der Waals surface area (Å²) >= 11 is 0.105. The number of sulfonamides is 1. The van der Waals surface area contributed by atoms with Crippen LogP contribution in [0.25, 0.3) is 0 Å². The number of hydrogen-bond acceptors (Lipinski definition) is 8. The van der Waals surface area contributed by atoms with Crippen LogP contribution in [-0.4, -0.2) is 39.3 Å². The van der Waals surface area contributed by atoms with E-state index < -0.39 is 42.7 Å². The first-order valence-electron chi connectivity index (χ1n) is 9.10. The van der Waals surface area contributed by atoms with E-state index in [2.05, 4.69) is 10.3 Å². The Morgan fingerprint density at radius 3 is 2.52 bits per heavy atom. The summed E-state index contributed by atoms with van der Waals surface area (Å²) in [6.45, 7) is 0.113. The molecule has 3 rings (SSSR count). The van der Waals surface area contributed by atoms with Crippen molar-refractivity contribution in [3.05, 3.63) is 63.9 Å². The standard InChI is InChI=1S/C19H17F3N4O5S2/c1-26(2)16-7-11(5-6-23-16)9-24-17(27)13-8-12(10-31-13)33(29,30)25-18(28)14-3-4-15(32-14)19(20,21)22/h3-8,10H,9H2,1-2H3,(H,24,27)(H,25,28). The van der Waals surface area contributed by atoms with E-state index in [1.54, 1.807) is 28.0 Å². The molecule has 0 radical (unpaired) electrons. The number of amides is 2. The number of carbonyl (C=O) groups excluding carboxylic acids is 2. The number of halogens is 3. The van der Waals surface area contributed by atoms with Gasteiger partial charge >= 0.3 is 6.18 Å². The maximum absolute atomic E-state index is 12.7. The summed E-state index contributed by atoms with van der Waals surface area (Å²) in [5.41, 5.74) is 0.739. The number of anilines is 1. The molecule has 3 aromatic rings. The molecule has 9 nitrogen and oxygen atoms in total. The summed E-state index contributed by atoms with van der Waals surface area (Å²) in [5, 5.41) is 2.56. The van der Waals surface area contributed by atoms with Gasteiger partial charge in [-0.05, 0) is 29.8 Å². The minimum atomic E-state index is -4.65. The van der Waals surface area contributed by atoms with E-state index in [1.165, 1.54) is 0 Å². The summed E-state index contributed by atoms with van der Waals surface area (Å²) in [4.78, 5) is 28.3. The fourth-order valence-corrected chi connectivity index (χ4v) is 4.25. The highest BCUT2D eigenvalue weighted by molar-refractivity contribution is 7.90. The van der Waals surface area contributed by atoms with Gasteiger partial charge in [0, 0.05) is 32.9 Å². The molecule has 0 aliphatic carbocycles. The third kappa shape index (κ3) is 5.90. The Kier molecular flexibility index (Phi) is 6.78. The second kappa shape index (κ2) is 9.23. The van der Waals surface area contributed by atoms with Crippen LogP contribution in [0, 0.1) is 0 Å². The van der Waals surface area contributed by atoms with Gasteiger partial charge in [-0.1, -0.05) is 0 Å². The van der Waals surface area contributed by atoms with Crippen molar-refractivity contribution in [2.24, 2.45) is 0 Å². The molecule has 0 bridgehead atoms. The average molecular weight is 502 g/mol. The zero-order valence-electron chi connectivity index (χ0n) is 17.1. The van der Waals surface area contributed by atoms with Crippen molar-refractivity contribution in [2.45, 2.75) is 17.6 Å². The number of furan rings is 1. The van der Waals surface area contributed by atoms with Gasteiger partial charge in [0.2, 0.25) is 0 Å². The van der Waals surface area contributed by atoms with Crippen LogP contribution in [0.3, 0.4) is 0 Å². The molecular weight excluding hydrogens is 485 g/mol. The molecule has 0 aromatic carbocycles. The number of carbonyl (C=O) groups is 2. The predicted molar refractivity (Wildman–Crippen MR) is 112 cm³/mol. The number of nitrogens with zero attached hydrogens (tertiary/aromatic N) is 2. The Bertz CT molecular complexity index is 1280. The van der Waals surface area contributed by atoms with Crippen molar-refractivity contribution in [2.75, 3.05) is 19.0 Å². The molecule has 3 aromatic heterocycles. The number of alkyl halides is 3. The van der Waals surface area contributed by atoms with Crippen LogP contribution in [-0.2, 0) is 22.7 Å². The van der Waals surface area contributed by atoms with Crippen LogP contribution in [0.1, 0.15) is 30.7 Å². The summed E-state index contributed by atoms with van der Waals surface area (Å²) in [5.74, 6) is -1.60. The molecule has 176 valence electrons. The first kappa shape index (κ1) is 24.3. The van der Waals surface area contributed by atoms with Crippen molar-refractivity contribution < 1.29 is 35.6 Å². The Hall–Kier alpha value is -3.39. The molecule has 0 aliphatic heterocycles. The zero-order valence-corrected chi connectivity index (χ0v) is 18.8. The average Bonchev–Trinajstić information content (AvgIpc) is 3.42. The predicted octanol–water partition coefficient (Wildman–Crippen LogP) is 2.87. The lowest BCUT2D eigenvalue weighted by atomic mass is 10.2. The Morgan fingerprint density at radius 2 is 1.88 bits per heavy atom. The SMILES string of the molecule is CN(C)c1cc(CNC(=O)c2cc(S(=O)(=O)NC(=O)c3ccc(C(F)(F)F)s3)co2)ccn1. The lowest BCUT2D eigenvalue weighted by molar-refractivity contribution is -0.134. The van der Waals surface area contributed by atoms with Crippen molar-refractivity contribution in [1.29, 1.82) is 0 Å². The quantitative estimate of drug-likeness (QED) is 0.510. The highest BCUT2D eigenvalue weighted by Crippen LogP contribution is 2.34. The molecule has 0 saturated carbocycles. The molecule has 0 unspecified atom stereocenters. The first-order valence-corrected chi connectivity index (χ1v) is 11.4. The highest BCUT2D eigenvalue weighted by atomic mass is 32.2. The molecule has 0 spiro atoms. The molecule has 0 fully saturated rings. The molecule has 0 saturated heterocycles. The van der Waals surface area contributed by atoms with Gasteiger partial charge < -0.3 is 14.6 Å². The van der Waals surface area contributed by atoms with Crippen LogP contribution in [0.5, 0.6) is 0 Å². The second-order valence-electron chi connectivity index (χ2n) is 6.84. The lowest BCUT2D eigenvalue weighted by Gasteiger charge is -2.12. The summed E-state index contributed by atoms with van der Waals surface area (Å²) < 4.78 is 69.4. The Morgan fingerprint density at radius 1 is 1.15 bits per heavy atom. The van der Waals surface area contributed by atoms with Crippen molar-refractivity contribution in [3.63, 3.8) is 0 Å². The van der Waals surface area contributed by atoms with Crippen molar-refractivity contribution in [3.8, 4) is 0 Å². The lowest BCUT2D eigenvalue weighted by Crippen LogP contribution is -2.29. The van der Waals surface area contributed by atoms with Crippen LogP contribution < -0.4 is 14.9 Å². The van der Waals surface area contributed by atoms with Gasteiger partial charge in [-0.25, -0.2) is 18.1 Å². The van der Waals surface area contributed by atoms with E-state index >= 15 is 0 Å². The van der Waals surface area contributed by atoms with Gasteiger partial charge in [-0.15, -0.1) is 11.3 Å². The van der Waals surface area contributed by atoms with Gasteiger partial charge in [0.25, 0.3) is 21.8 Å². The number of thiophene rings is 1. The molecular formula is C19H17F3N4O5S2. The minimum absolute atomic E-state index is 0.105. The number of hydrogen-bond donors (Lipinski definition) is 2. The number of nitrogens with one attached hydrogen (secondary N) is 2. The van der Waals surface area contributed by atoms with E-state index in [9.17, 15) is 31.2 Å². The number of pyridine rings is 1. The third-order valence-electron chi connectivity index (χ3n) is 4.17. The molecule has 0 aliphatic rings. The zero-order chi connectivity index (χ0) is 24.4. The first-order chi connectivity index (χ1) is 15.4. The van der Waals surface area contributed by atoms with E-state index in [0.29, 0.717) is 11.9 Å². The van der Waals surface area contributed by atoms with E-state index in [0.717, 1.165) is 24.0 Å². The molecule has 33 heavy (non-hydrogen) atoms. The fourth-order valence-electron chi connectivity index (χ4n) is 2.51. The molecule has 3 heterocycles. The highest BCUT2D eigenvalue weighted by Gasteiger charge is 2.33. The Labute approximate surface area is 190 Å². The molecule has 14 heteroatoms.